The molecule has 1 N–H and O–H groups in total. The Hall–Kier alpha value is -1.77. The number of aromatic nitrogens is 1. The van der Waals surface area contributed by atoms with Crippen LogP contribution in [0.1, 0.15) is 6.92 Å². The molecule has 1 heterocycles. The second-order valence-corrected chi connectivity index (χ2v) is 3.25. The van der Waals surface area contributed by atoms with Crippen LogP contribution < -0.4 is 10.1 Å². The molecule has 2 aromatic rings. The topological polar surface area (TPSA) is 34.2 Å². The number of fused-ring (bicyclic) bond motifs is 1. The van der Waals surface area contributed by atoms with Crippen LogP contribution in [0.4, 0.5) is 5.82 Å². The lowest BCUT2D eigenvalue weighted by Gasteiger charge is -2.09. The maximum Gasteiger partial charge on any atom is 0.133 e. The van der Waals surface area contributed by atoms with Crippen molar-refractivity contribution in [3.8, 4) is 5.75 Å². The van der Waals surface area contributed by atoms with Gasteiger partial charge in [0.05, 0.1) is 7.11 Å². The van der Waals surface area contributed by atoms with E-state index in [-0.39, 0.29) is 0 Å². The average Bonchev–Trinajstić information content (AvgIpc) is 2.29. The first-order valence-corrected chi connectivity index (χ1v) is 5.02. The number of hydrogen-bond donors (Lipinski definition) is 1. The molecule has 1 aromatic heterocycles. The van der Waals surface area contributed by atoms with Crippen molar-refractivity contribution in [3.05, 3.63) is 30.5 Å². The van der Waals surface area contributed by atoms with E-state index in [0.717, 1.165) is 28.9 Å². The van der Waals surface area contributed by atoms with Gasteiger partial charge in [0.2, 0.25) is 0 Å². The van der Waals surface area contributed by atoms with Crippen LogP contribution in [-0.4, -0.2) is 18.6 Å². The van der Waals surface area contributed by atoms with E-state index < -0.39 is 0 Å². The number of rotatable bonds is 3. The van der Waals surface area contributed by atoms with E-state index in [1.165, 1.54) is 0 Å². The monoisotopic (exact) mass is 202 g/mol. The van der Waals surface area contributed by atoms with Crippen molar-refractivity contribution >= 4 is 16.6 Å². The van der Waals surface area contributed by atoms with E-state index in [1.54, 1.807) is 13.3 Å². The van der Waals surface area contributed by atoms with E-state index in [1.807, 2.05) is 24.3 Å². The third kappa shape index (κ3) is 1.73. The second kappa shape index (κ2) is 4.17. The SMILES string of the molecule is CCNc1nccc2c(OC)cccc12. The molecule has 3 nitrogen and oxygen atoms in total. The third-order valence-corrected chi connectivity index (χ3v) is 2.33. The molecule has 0 spiro atoms. The van der Waals surface area contributed by atoms with Crippen molar-refractivity contribution in [1.82, 2.24) is 4.98 Å². The molecule has 3 heteroatoms. The first-order chi connectivity index (χ1) is 7.36. The van der Waals surface area contributed by atoms with Gasteiger partial charge in [-0.2, -0.15) is 0 Å². The molecule has 15 heavy (non-hydrogen) atoms. The summed E-state index contributed by atoms with van der Waals surface area (Å²) in [5.74, 6) is 1.79. The number of pyridine rings is 1. The summed E-state index contributed by atoms with van der Waals surface area (Å²) < 4.78 is 5.31. The van der Waals surface area contributed by atoms with Gasteiger partial charge >= 0.3 is 0 Å². The minimum atomic E-state index is 0.864. The number of methoxy groups -OCH3 is 1. The lowest BCUT2D eigenvalue weighted by molar-refractivity contribution is 0.420. The molecule has 0 amide bonds. The zero-order chi connectivity index (χ0) is 10.7. The summed E-state index contributed by atoms with van der Waals surface area (Å²) in [6, 6.07) is 7.94. The van der Waals surface area contributed by atoms with Crippen LogP contribution in [0.3, 0.4) is 0 Å². The number of hydrogen-bond acceptors (Lipinski definition) is 3. The molecule has 0 bridgehead atoms. The average molecular weight is 202 g/mol. The van der Waals surface area contributed by atoms with Crippen molar-refractivity contribution in [3.63, 3.8) is 0 Å². The Balaban J connectivity index is 2.65. The van der Waals surface area contributed by atoms with Crippen LogP contribution in [0, 0.1) is 0 Å². The van der Waals surface area contributed by atoms with Gasteiger partial charge in [0.15, 0.2) is 0 Å². The fourth-order valence-electron chi connectivity index (χ4n) is 1.66. The highest BCUT2D eigenvalue weighted by Gasteiger charge is 2.04. The molecule has 0 saturated carbocycles. The van der Waals surface area contributed by atoms with Gasteiger partial charge < -0.3 is 10.1 Å². The van der Waals surface area contributed by atoms with Gasteiger partial charge in [-0.25, -0.2) is 4.98 Å². The van der Waals surface area contributed by atoms with E-state index in [2.05, 4.69) is 17.2 Å². The minimum Gasteiger partial charge on any atom is -0.496 e. The highest BCUT2D eigenvalue weighted by molar-refractivity contribution is 5.95. The van der Waals surface area contributed by atoms with Crippen molar-refractivity contribution in [2.75, 3.05) is 19.0 Å². The lowest BCUT2D eigenvalue weighted by Crippen LogP contribution is -1.99. The van der Waals surface area contributed by atoms with E-state index in [4.69, 9.17) is 4.74 Å². The molecule has 0 radical (unpaired) electrons. The molecule has 0 aliphatic heterocycles. The summed E-state index contributed by atoms with van der Waals surface area (Å²) in [5.41, 5.74) is 0. The second-order valence-electron chi connectivity index (χ2n) is 3.25. The molecular formula is C12H14N2O. The fourth-order valence-corrected chi connectivity index (χ4v) is 1.66. The summed E-state index contributed by atoms with van der Waals surface area (Å²) >= 11 is 0. The summed E-state index contributed by atoms with van der Waals surface area (Å²) in [5, 5.41) is 5.42. The molecule has 0 aliphatic carbocycles. The first kappa shape index (κ1) is 9.77. The highest BCUT2D eigenvalue weighted by atomic mass is 16.5. The molecule has 0 saturated heterocycles. The number of ether oxygens (including phenoxy) is 1. The van der Waals surface area contributed by atoms with E-state index in [0.29, 0.717) is 0 Å². The zero-order valence-electron chi connectivity index (χ0n) is 8.95. The Kier molecular flexibility index (Phi) is 2.72. The molecule has 2 rings (SSSR count). The molecule has 0 unspecified atom stereocenters. The Morgan fingerprint density at radius 1 is 1.27 bits per heavy atom. The van der Waals surface area contributed by atoms with E-state index in [9.17, 15) is 0 Å². The number of benzene rings is 1. The summed E-state index contributed by atoms with van der Waals surface area (Å²) in [7, 11) is 1.68. The summed E-state index contributed by atoms with van der Waals surface area (Å²) in [4.78, 5) is 4.31. The van der Waals surface area contributed by atoms with Crippen LogP contribution in [0.25, 0.3) is 10.8 Å². The Morgan fingerprint density at radius 3 is 2.87 bits per heavy atom. The highest BCUT2D eigenvalue weighted by Crippen LogP contribution is 2.28. The number of nitrogens with zero attached hydrogens (tertiary/aromatic N) is 1. The van der Waals surface area contributed by atoms with Crippen molar-refractivity contribution in [2.24, 2.45) is 0 Å². The van der Waals surface area contributed by atoms with Gasteiger partial charge in [0.25, 0.3) is 0 Å². The molecule has 0 atom stereocenters. The zero-order valence-corrected chi connectivity index (χ0v) is 8.95. The number of anilines is 1. The Morgan fingerprint density at radius 2 is 2.13 bits per heavy atom. The van der Waals surface area contributed by atoms with E-state index >= 15 is 0 Å². The van der Waals surface area contributed by atoms with Gasteiger partial charge in [-0.3, -0.25) is 0 Å². The quantitative estimate of drug-likeness (QED) is 0.830. The van der Waals surface area contributed by atoms with Crippen LogP contribution in [0.5, 0.6) is 5.75 Å². The summed E-state index contributed by atoms with van der Waals surface area (Å²) in [6.07, 6.45) is 1.79. The Bertz CT molecular complexity index is 468. The Labute approximate surface area is 89.1 Å². The maximum absolute atomic E-state index is 5.31. The molecule has 0 aliphatic rings. The molecule has 0 fully saturated rings. The normalized spacial score (nSPS) is 10.3. The molecule has 1 aromatic carbocycles. The maximum atomic E-state index is 5.31. The van der Waals surface area contributed by atoms with Gasteiger partial charge in [0.1, 0.15) is 11.6 Å². The predicted octanol–water partition coefficient (Wildman–Crippen LogP) is 2.68. The van der Waals surface area contributed by atoms with Crippen molar-refractivity contribution < 1.29 is 4.74 Å². The number of nitrogens with one attached hydrogen (secondary N) is 1. The minimum absolute atomic E-state index is 0.864. The van der Waals surface area contributed by atoms with Gasteiger partial charge in [-0.1, -0.05) is 12.1 Å². The fraction of sp³-hybridized carbons (Fsp3) is 0.250. The molecule has 78 valence electrons. The van der Waals surface area contributed by atoms with Crippen LogP contribution in [0.2, 0.25) is 0 Å². The molecular weight excluding hydrogens is 188 g/mol. The van der Waals surface area contributed by atoms with Crippen LogP contribution in [-0.2, 0) is 0 Å². The smallest absolute Gasteiger partial charge is 0.133 e. The standard InChI is InChI=1S/C12H14N2O/c1-3-13-12-10-5-4-6-11(15-2)9(10)7-8-14-12/h4-8H,3H2,1-2H3,(H,13,14). The van der Waals surface area contributed by atoms with Gasteiger partial charge in [-0.05, 0) is 19.1 Å². The van der Waals surface area contributed by atoms with Gasteiger partial charge in [-0.15, -0.1) is 0 Å². The van der Waals surface area contributed by atoms with Crippen LogP contribution >= 0.6 is 0 Å². The van der Waals surface area contributed by atoms with Gasteiger partial charge in [0, 0.05) is 23.5 Å². The predicted molar refractivity (Wildman–Crippen MR) is 62.5 cm³/mol. The van der Waals surface area contributed by atoms with Crippen molar-refractivity contribution in [2.45, 2.75) is 6.92 Å². The summed E-state index contributed by atoms with van der Waals surface area (Å²) in [6.45, 7) is 2.92. The third-order valence-electron chi connectivity index (χ3n) is 2.33. The largest absolute Gasteiger partial charge is 0.496 e. The lowest BCUT2D eigenvalue weighted by atomic mass is 10.1. The van der Waals surface area contributed by atoms with Crippen molar-refractivity contribution in [1.29, 1.82) is 0 Å². The van der Waals surface area contributed by atoms with Crippen LogP contribution in [0.15, 0.2) is 30.5 Å². The first-order valence-electron chi connectivity index (χ1n) is 5.02.